The molecule has 1 saturated heterocycles. The number of aromatic nitrogens is 4. The maximum absolute atomic E-state index is 16.2. The van der Waals surface area contributed by atoms with Crippen LogP contribution in [0.15, 0.2) is 36.7 Å². The Morgan fingerprint density at radius 3 is 2.70 bits per heavy atom. The minimum atomic E-state index is -4.30. The molecule has 0 unspecified atom stereocenters. The molecule has 1 aliphatic heterocycles. The van der Waals surface area contributed by atoms with Crippen LogP contribution < -0.4 is 14.5 Å². The van der Waals surface area contributed by atoms with Crippen molar-refractivity contribution in [2.45, 2.75) is 44.0 Å². The first-order valence-corrected chi connectivity index (χ1v) is 13.7. The van der Waals surface area contributed by atoms with E-state index in [0.29, 0.717) is 17.2 Å². The van der Waals surface area contributed by atoms with Gasteiger partial charge in [0.2, 0.25) is 5.67 Å². The number of nitrogens with one attached hydrogen (secondary N) is 1. The van der Waals surface area contributed by atoms with Crippen LogP contribution in [0.1, 0.15) is 19.0 Å². The Hall–Kier alpha value is -3.60. The summed E-state index contributed by atoms with van der Waals surface area (Å²) in [5.74, 6) is 2.32. The lowest BCUT2D eigenvalue weighted by atomic mass is 9.97. The van der Waals surface area contributed by atoms with E-state index in [1.807, 2.05) is 5.92 Å². The molecule has 40 heavy (non-hydrogen) atoms. The average molecular weight is 577 g/mol. The number of fused-ring (bicyclic) bond motifs is 1. The van der Waals surface area contributed by atoms with Gasteiger partial charge in [0.05, 0.1) is 20.0 Å². The summed E-state index contributed by atoms with van der Waals surface area (Å²) in [6.45, 7) is 2.44. The number of aliphatic hydroxyl groups excluding tert-OH is 1. The minimum absolute atomic E-state index is 0.168. The van der Waals surface area contributed by atoms with Crippen molar-refractivity contribution in [3.63, 3.8) is 0 Å². The number of aliphatic hydroxyl groups is 1. The van der Waals surface area contributed by atoms with Crippen molar-refractivity contribution < 1.29 is 37.4 Å². The molecule has 1 aromatic carbocycles. The minimum Gasteiger partial charge on any atom is -0.468 e. The van der Waals surface area contributed by atoms with Crippen molar-refractivity contribution in [1.29, 1.82) is 0 Å². The van der Waals surface area contributed by atoms with E-state index in [1.165, 1.54) is 37.1 Å². The number of hydrogen-bond acceptors (Lipinski definition) is 11. The highest BCUT2D eigenvalue weighted by atomic mass is 31.2. The molecule has 2 N–H and O–H groups in total. The van der Waals surface area contributed by atoms with Crippen LogP contribution >= 0.6 is 7.75 Å². The molecular weight excluding hydrogens is 546 g/mol. The molecule has 0 saturated carbocycles. The number of rotatable bonds is 10. The van der Waals surface area contributed by atoms with Crippen molar-refractivity contribution in [3.05, 3.63) is 42.5 Å². The second-order valence-corrected chi connectivity index (χ2v) is 11.0. The second-order valence-electron chi connectivity index (χ2n) is 9.27. The molecule has 0 radical (unpaired) electrons. The van der Waals surface area contributed by atoms with E-state index >= 15 is 4.39 Å². The van der Waals surface area contributed by atoms with E-state index in [2.05, 4.69) is 24.8 Å². The third kappa shape index (κ3) is 5.65. The Morgan fingerprint density at radius 2 is 2.08 bits per heavy atom. The molecule has 4 rings (SSSR count). The van der Waals surface area contributed by atoms with Crippen molar-refractivity contribution in [2.75, 3.05) is 32.7 Å². The smallest absolute Gasteiger partial charge is 0.459 e. The normalized spacial score (nSPS) is 24.7. The predicted molar refractivity (Wildman–Crippen MR) is 142 cm³/mol. The molecule has 0 aliphatic carbocycles. The van der Waals surface area contributed by atoms with Crippen LogP contribution in [-0.2, 0) is 23.4 Å². The largest absolute Gasteiger partial charge is 0.468 e. The number of anilines is 1. The number of ether oxygens (including phenoxy) is 2. The number of benzene rings is 1. The van der Waals surface area contributed by atoms with Gasteiger partial charge in [-0.2, -0.15) is 5.09 Å². The first-order valence-electron chi connectivity index (χ1n) is 12.2. The van der Waals surface area contributed by atoms with Crippen LogP contribution in [0, 0.1) is 19.3 Å². The lowest BCUT2D eigenvalue weighted by Gasteiger charge is -2.24. The summed E-state index contributed by atoms with van der Waals surface area (Å²) in [5, 5.41) is 13.4. The number of hydrogen-bond donors (Lipinski definition) is 2. The molecule has 13 nitrogen and oxygen atoms in total. The predicted octanol–water partition coefficient (Wildman–Crippen LogP) is 2.16. The summed E-state index contributed by atoms with van der Waals surface area (Å²) in [4.78, 5) is 26.8. The number of halogens is 1. The molecule has 15 heteroatoms. The van der Waals surface area contributed by atoms with Crippen LogP contribution in [0.4, 0.5) is 10.2 Å². The average Bonchev–Trinajstić information content (AvgIpc) is 3.45. The SMILES string of the molecule is C#C[C@@]1(F)[C@H](O)[C@@H](CO[P@](=O)(N[C@H](C)C(=O)OC)Oc2ccccc2)O[C@H]1n1cnc2c(N(C)C)nc(C)nc21. The Balaban J connectivity index is 1.62. The highest BCUT2D eigenvalue weighted by molar-refractivity contribution is 7.52. The monoisotopic (exact) mass is 576 g/mol. The van der Waals surface area contributed by atoms with E-state index in [4.69, 9.17) is 20.2 Å². The van der Waals surface area contributed by atoms with E-state index in [1.54, 1.807) is 44.1 Å². The lowest BCUT2D eigenvalue weighted by molar-refractivity contribution is -0.142. The van der Waals surface area contributed by atoms with E-state index in [-0.39, 0.29) is 11.4 Å². The molecule has 1 aliphatic rings. The van der Waals surface area contributed by atoms with Crippen molar-refractivity contribution in [3.8, 4) is 18.1 Å². The number of carbonyl (C=O) groups excluding carboxylic acids is 1. The molecule has 3 aromatic rings. The Kier molecular flexibility index (Phi) is 8.44. The number of carbonyl (C=O) groups is 1. The lowest BCUT2D eigenvalue weighted by Crippen LogP contribution is -2.42. The van der Waals surface area contributed by atoms with Crippen molar-refractivity contribution in [2.24, 2.45) is 0 Å². The van der Waals surface area contributed by atoms with Gasteiger partial charge in [-0.3, -0.25) is 13.9 Å². The maximum Gasteiger partial charge on any atom is 0.459 e. The number of methoxy groups -OCH3 is 1. The summed E-state index contributed by atoms with van der Waals surface area (Å²) >= 11 is 0. The molecule has 214 valence electrons. The fourth-order valence-corrected chi connectivity index (χ4v) is 5.65. The van der Waals surface area contributed by atoms with Crippen molar-refractivity contribution >= 4 is 30.7 Å². The fourth-order valence-electron chi connectivity index (χ4n) is 4.15. The second kappa shape index (κ2) is 11.5. The first-order chi connectivity index (χ1) is 18.9. The number of alkyl halides is 1. The highest BCUT2D eigenvalue weighted by Crippen LogP contribution is 2.48. The zero-order valence-electron chi connectivity index (χ0n) is 22.5. The zero-order chi connectivity index (χ0) is 29.2. The molecule has 0 spiro atoms. The number of imidazole rings is 1. The number of aryl methyl sites for hydroxylation is 1. The molecular formula is C25H30FN6O7P. The first kappa shape index (κ1) is 29.4. The van der Waals surface area contributed by atoms with Gasteiger partial charge in [-0.05, 0) is 26.0 Å². The van der Waals surface area contributed by atoms with Gasteiger partial charge in [0.25, 0.3) is 0 Å². The van der Waals surface area contributed by atoms with Gasteiger partial charge in [-0.15, -0.1) is 6.42 Å². The van der Waals surface area contributed by atoms with Crippen molar-refractivity contribution in [1.82, 2.24) is 24.6 Å². The van der Waals surface area contributed by atoms with Gasteiger partial charge in [0, 0.05) is 14.1 Å². The molecule has 0 bridgehead atoms. The third-order valence-corrected chi connectivity index (χ3v) is 7.79. The van der Waals surface area contributed by atoms with Gasteiger partial charge in [0.15, 0.2) is 23.2 Å². The van der Waals surface area contributed by atoms with Gasteiger partial charge in [0.1, 0.15) is 29.8 Å². The van der Waals surface area contributed by atoms with Gasteiger partial charge in [-0.25, -0.2) is 23.9 Å². The summed E-state index contributed by atoms with van der Waals surface area (Å²) in [5.41, 5.74) is -2.14. The molecule has 6 atom stereocenters. The number of terminal acetylenes is 1. The van der Waals surface area contributed by atoms with E-state index < -0.39 is 50.5 Å². The molecule has 2 aromatic heterocycles. The molecule has 3 heterocycles. The van der Waals surface area contributed by atoms with Crippen LogP contribution in [0.2, 0.25) is 0 Å². The van der Waals surface area contributed by atoms with Gasteiger partial charge < -0.3 is 24.0 Å². The van der Waals surface area contributed by atoms with Crippen LogP contribution in [0.5, 0.6) is 5.75 Å². The summed E-state index contributed by atoms with van der Waals surface area (Å²) in [6.07, 6.45) is 1.97. The topological polar surface area (TPSA) is 150 Å². The van der Waals surface area contributed by atoms with Crippen LogP contribution in [0.25, 0.3) is 11.2 Å². The molecule has 1 fully saturated rings. The Morgan fingerprint density at radius 1 is 1.38 bits per heavy atom. The van der Waals surface area contributed by atoms with Crippen LogP contribution in [0.3, 0.4) is 0 Å². The number of nitrogens with zero attached hydrogens (tertiary/aromatic N) is 5. The van der Waals surface area contributed by atoms with Gasteiger partial charge in [-0.1, -0.05) is 24.1 Å². The summed E-state index contributed by atoms with van der Waals surface area (Å²) < 4.78 is 52.7. The fraction of sp³-hybridized carbons (Fsp3) is 0.440. The van der Waals surface area contributed by atoms with Gasteiger partial charge >= 0.3 is 13.7 Å². The quantitative estimate of drug-likeness (QED) is 0.207. The number of para-hydroxylation sites is 1. The van der Waals surface area contributed by atoms with E-state index in [9.17, 15) is 14.5 Å². The zero-order valence-corrected chi connectivity index (χ0v) is 23.4. The molecule has 0 amide bonds. The van der Waals surface area contributed by atoms with E-state index in [0.717, 1.165) is 0 Å². The summed E-state index contributed by atoms with van der Waals surface area (Å²) in [6, 6.07) is 6.96. The summed E-state index contributed by atoms with van der Waals surface area (Å²) in [7, 11) is 0.416. The Labute approximate surface area is 230 Å². The number of esters is 1. The third-order valence-electron chi connectivity index (χ3n) is 6.14. The maximum atomic E-state index is 16.2. The Bertz CT molecular complexity index is 1470. The highest BCUT2D eigenvalue weighted by Gasteiger charge is 2.58. The standard InChI is InChI=1S/C25H30FN6O7P/c1-7-25(26)20(33)18(38-24(25)32-14-27-19-21(31(4)5)28-16(3)29-22(19)32)13-37-40(35,30-15(2)23(34)36-6)39-17-11-9-8-10-12-17/h1,8-12,14-15,18,20,24,33H,13H2,2-6H3,(H,30,35)/t15-,18-,20-,24-,25-,40-/m1/s1. The van der Waals surface area contributed by atoms with Crippen LogP contribution in [-0.4, -0.2) is 82.3 Å².